The molecule has 1 aromatic carbocycles. The summed E-state index contributed by atoms with van der Waals surface area (Å²) in [5.74, 6) is 0.766. The molecule has 72 valence electrons. The lowest BCUT2D eigenvalue weighted by Crippen LogP contribution is -2.05. The highest BCUT2D eigenvalue weighted by Crippen LogP contribution is 2.21. The van der Waals surface area contributed by atoms with E-state index in [9.17, 15) is 0 Å². The molecule has 0 fully saturated rings. The van der Waals surface area contributed by atoms with Crippen molar-refractivity contribution < 1.29 is 9.94 Å². The van der Waals surface area contributed by atoms with Gasteiger partial charge in [-0.15, -0.1) is 0 Å². The Hall–Kier alpha value is -1.26. The van der Waals surface area contributed by atoms with Crippen molar-refractivity contribution in [3.63, 3.8) is 0 Å². The molecule has 0 saturated carbocycles. The smallest absolute Gasteiger partial charge is 0.119 e. The van der Waals surface area contributed by atoms with E-state index in [0.29, 0.717) is 18.7 Å². The first-order valence-corrected chi connectivity index (χ1v) is 4.09. The van der Waals surface area contributed by atoms with E-state index in [1.807, 2.05) is 6.07 Å². The van der Waals surface area contributed by atoms with Crippen molar-refractivity contribution in [3.8, 4) is 5.75 Å². The fraction of sp³-hybridized carbons (Fsp3) is 0.333. The van der Waals surface area contributed by atoms with Crippen LogP contribution < -0.4 is 16.0 Å². The van der Waals surface area contributed by atoms with E-state index in [1.165, 1.54) is 0 Å². The van der Waals surface area contributed by atoms with Crippen molar-refractivity contribution in [1.82, 2.24) is 0 Å². The number of benzene rings is 1. The zero-order chi connectivity index (χ0) is 9.68. The summed E-state index contributed by atoms with van der Waals surface area (Å²) in [4.78, 5) is 0. The van der Waals surface area contributed by atoms with Gasteiger partial charge in [-0.2, -0.15) is 0 Å². The van der Waals surface area contributed by atoms with Crippen LogP contribution in [0.25, 0.3) is 0 Å². The standard InChI is InChI=1S/C9H14N2O2/c1-13-8-2-3-9(11-12)7(6-8)4-5-10/h2-3,6,11-12H,4-5,10H2,1H3. The number of rotatable bonds is 4. The van der Waals surface area contributed by atoms with E-state index in [2.05, 4.69) is 5.48 Å². The molecule has 0 atom stereocenters. The topological polar surface area (TPSA) is 67.5 Å². The van der Waals surface area contributed by atoms with Crippen molar-refractivity contribution in [2.75, 3.05) is 19.1 Å². The molecule has 1 rings (SSSR count). The molecule has 4 heteroatoms. The Balaban J connectivity index is 2.95. The van der Waals surface area contributed by atoms with Gasteiger partial charge in [0.2, 0.25) is 0 Å². The third kappa shape index (κ3) is 2.34. The van der Waals surface area contributed by atoms with Crippen LogP contribution in [0.3, 0.4) is 0 Å². The Morgan fingerprint density at radius 2 is 2.31 bits per heavy atom. The number of nitrogens with one attached hydrogen (secondary N) is 1. The minimum Gasteiger partial charge on any atom is -0.497 e. The molecule has 0 amide bonds. The molecule has 0 aliphatic heterocycles. The number of anilines is 1. The fourth-order valence-corrected chi connectivity index (χ4v) is 1.17. The average molecular weight is 182 g/mol. The molecule has 4 N–H and O–H groups in total. The minimum absolute atomic E-state index is 0.543. The van der Waals surface area contributed by atoms with Crippen molar-refractivity contribution in [2.45, 2.75) is 6.42 Å². The van der Waals surface area contributed by atoms with Crippen LogP contribution in [-0.4, -0.2) is 18.9 Å². The predicted molar refractivity (Wildman–Crippen MR) is 51.2 cm³/mol. The lowest BCUT2D eigenvalue weighted by Gasteiger charge is -2.08. The number of ether oxygens (including phenoxy) is 1. The zero-order valence-electron chi connectivity index (χ0n) is 7.58. The van der Waals surface area contributed by atoms with E-state index in [-0.39, 0.29) is 0 Å². The highest BCUT2D eigenvalue weighted by molar-refractivity contribution is 5.52. The van der Waals surface area contributed by atoms with E-state index in [4.69, 9.17) is 15.7 Å². The van der Waals surface area contributed by atoms with E-state index >= 15 is 0 Å². The number of hydrogen-bond donors (Lipinski definition) is 3. The van der Waals surface area contributed by atoms with Crippen LogP contribution in [0.1, 0.15) is 5.56 Å². The Morgan fingerprint density at radius 3 is 2.85 bits per heavy atom. The number of hydrogen-bond acceptors (Lipinski definition) is 4. The molecule has 4 nitrogen and oxygen atoms in total. The summed E-state index contributed by atoms with van der Waals surface area (Å²) in [5.41, 5.74) is 9.17. The van der Waals surface area contributed by atoms with Gasteiger partial charge in [-0.25, -0.2) is 0 Å². The Labute approximate surface area is 77.3 Å². The van der Waals surface area contributed by atoms with Gasteiger partial charge >= 0.3 is 0 Å². The maximum atomic E-state index is 8.78. The molecule has 0 radical (unpaired) electrons. The van der Waals surface area contributed by atoms with Gasteiger partial charge in [-0.3, -0.25) is 10.7 Å². The average Bonchev–Trinajstić information content (AvgIpc) is 2.18. The third-order valence-corrected chi connectivity index (χ3v) is 1.85. The summed E-state index contributed by atoms with van der Waals surface area (Å²) >= 11 is 0. The summed E-state index contributed by atoms with van der Waals surface area (Å²) in [6.07, 6.45) is 0.708. The van der Waals surface area contributed by atoms with E-state index < -0.39 is 0 Å². The van der Waals surface area contributed by atoms with Crippen LogP contribution in [0.2, 0.25) is 0 Å². The highest BCUT2D eigenvalue weighted by Gasteiger charge is 2.02. The molecule has 0 aromatic heterocycles. The Morgan fingerprint density at radius 1 is 1.54 bits per heavy atom. The highest BCUT2D eigenvalue weighted by atomic mass is 16.5. The van der Waals surface area contributed by atoms with Gasteiger partial charge in [0.15, 0.2) is 0 Å². The lowest BCUT2D eigenvalue weighted by molar-refractivity contribution is 0.387. The molecule has 1 aromatic rings. The van der Waals surface area contributed by atoms with Gasteiger partial charge in [0.1, 0.15) is 5.75 Å². The molecule has 0 heterocycles. The quantitative estimate of drug-likeness (QED) is 0.608. The maximum absolute atomic E-state index is 8.78. The summed E-state index contributed by atoms with van der Waals surface area (Å²) < 4.78 is 5.05. The van der Waals surface area contributed by atoms with Gasteiger partial charge < -0.3 is 10.5 Å². The minimum atomic E-state index is 0.543. The SMILES string of the molecule is COc1ccc(NO)c(CCN)c1. The third-order valence-electron chi connectivity index (χ3n) is 1.85. The summed E-state index contributed by atoms with van der Waals surface area (Å²) in [6, 6.07) is 5.38. The normalized spacial score (nSPS) is 9.77. The largest absolute Gasteiger partial charge is 0.497 e. The summed E-state index contributed by atoms with van der Waals surface area (Å²) in [7, 11) is 1.60. The summed E-state index contributed by atoms with van der Waals surface area (Å²) in [5, 5.41) is 8.78. The van der Waals surface area contributed by atoms with Crippen LogP contribution in [0.4, 0.5) is 5.69 Å². The van der Waals surface area contributed by atoms with Crippen LogP contribution in [-0.2, 0) is 6.42 Å². The molecular weight excluding hydrogens is 168 g/mol. The second-order valence-corrected chi connectivity index (χ2v) is 2.67. The van der Waals surface area contributed by atoms with Crippen molar-refractivity contribution in [2.24, 2.45) is 5.73 Å². The van der Waals surface area contributed by atoms with Gasteiger partial charge in [0.05, 0.1) is 12.8 Å². The van der Waals surface area contributed by atoms with Crippen LogP contribution >= 0.6 is 0 Å². The van der Waals surface area contributed by atoms with Gasteiger partial charge in [0, 0.05) is 0 Å². The molecule has 0 saturated heterocycles. The van der Waals surface area contributed by atoms with Gasteiger partial charge in [-0.05, 0) is 36.7 Å². The first-order chi connectivity index (χ1) is 6.31. The second kappa shape index (κ2) is 4.69. The Bertz CT molecular complexity index is 276. The van der Waals surface area contributed by atoms with Gasteiger partial charge in [0.25, 0.3) is 0 Å². The van der Waals surface area contributed by atoms with Crippen LogP contribution in [0, 0.1) is 0 Å². The Kier molecular flexibility index (Phi) is 3.54. The van der Waals surface area contributed by atoms with E-state index in [1.54, 1.807) is 19.2 Å². The van der Waals surface area contributed by atoms with Crippen molar-refractivity contribution >= 4 is 5.69 Å². The molecular formula is C9H14N2O2. The zero-order valence-corrected chi connectivity index (χ0v) is 7.58. The van der Waals surface area contributed by atoms with Gasteiger partial charge in [-0.1, -0.05) is 0 Å². The summed E-state index contributed by atoms with van der Waals surface area (Å²) in [6.45, 7) is 0.543. The maximum Gasteiger partial charge on any atom is 0.119 e. The first kappa shape index (κ1) is 9.83. The number of methoxy groups -OCH3 is 1. The monoisotopic (exact) mass is 182 g/mol. The molecule has 0 bridgehead atoms. The molecule has 0 aliphatic carbocycles. The number of nitrogens with two attached hydrogens (primary N) is 1. The van der Waals surface area contributed by atoms with Crippen molar-refractivity contribution in [1.29, 1.82) is 0 Å². The molecule has 13 heavy (non-hydrogen) atoms. The first-order valence-electron chi connectivity index (χ1n) is 4.09. The molecule has 0 spiro atoms. The lowest BCUT2D eigenvalue weighted by atomic mass is 10.1. The van der Waals surface area contributed by atoms with Crippen LogP contribution in [0.15, 0.2) is 18.2 Å². The van der Waals surface area contributed by atoms with Crippen molar-refractivity contribution in [3.05, 3.63) is 23.8 Å². The molecule has 0 aliphatic rings. The fourth-order valence-electron chi connectivity index (χ4n) is 1.17. The second-order valence-electron chi connectivity index (χ2n) is 2.67. The van der Waals surface area contributed by atoms with Crippen LogP contribution in [0.5, 0.6) is 5.75 Å². The molecule has 0 unspecified atom stereocenters. The van der Waals surface area contributed by atoms with E-state index in [0.717, 1.165) is 11.3 Å². The predicted octanol–water partition coefficient (Wildman–Crippen LogP) is 0.997.